The highest BCUT2D eigenvalue weighted by Crippen LogP contribution is 2.31. The predicted octanol–water partition coefficient (Wildman–Crippen LogP) is 2.74. The van der Waals surface area contributed by atoms with Gasteiger partial charge in [-0.15, -0.1) is 0 Å². The molecule has 1 aromatic carbocycles. The highest BCUT2D eigenvalue weighted by molar-refractivity contribution is 6.40. The molecule has 2 rings (SSSR count). The molecule has 0 fully saturated rings. The molecule has 0 unspecified atom stereocenters. The molecule has 0 bridgehead atoms. The fourth-order valence-electron chi connectivity index (χ4n) is 1.53. The highest BCUT2D eigenvalue weighted by atomic mass is 35.5. The number of aromatic carboxylic acids is 1. The maximum Gasteiger partial charge on any atom is 0.335 e. The van der Waals surface area contributed by atoms with E-state index in [1.165, 1.54) is 12.1 Å². The Balaban J connectivity index is 2.05. The van der Waals surface area contributed by atoms with Crippen LogP contribution in [0.5, 0.6) is 0 Å². The molecule has 0 saturated carbocycles. The number of anilines is 1. The molecular formula is C12H10Cl2N4O3. The predicted molar refractivity (Wildman–Crippen MR) is 77.9 cm³/mol. The number of aromatic nitrogens is 2. The SMILES string of the molecule is O=C(NCc1cn[nH]c1)Nc1c(Cl)cc(C(=O)O)cc1Cl. The van der Waals surface area contributed by atoms with Crippen molar-refractivity contribution >= 4 is 40.9 Å². The summed E-state index contributed by atoms with van der Waals surface area (Å²) < 4.78 is 0. The third-order valence-corrected chi connectivity index (χ3v) is 3.13. The van der Waals surface area contributed by atoms with Gasteiger partial charge in [-0.05, 0) is 12.1 Å². The summed E-state index contributed by atoms with van der Waals surface area (Å²) in [4.78, 5) is 22.6. The average Bonchev–Trinajstić information content (AvgIpc) is 2.93. The van der Waals surface area contributed by atoms with Crippen LogP contribution in [-0.4, -0.2) is 27.3 Å². The Morgan fingerprint density at radius 1 is 1.29 bits per heavy atom. The summed E-state index contributed by atoms with van der Waals surface area (Å²) in [7, 11) is 0. The van der Waals surface area contributed by atoms with E-state index in [2.05, 4.69) is 20.8 Å². The minimum Gasteiger partial charge on any atom is -0.478 e. The largest absolute Gasteiger partial charge is 0.478 e. The number of H-pyrrole nitrogens is 1. The first kappa shape index (κ1) is 15.1. The van der Waals surface area contributed by atoms with Crippen LogP contribution in [0.3, 0.4) is 0 Å². The van der Waals surface area contributed by atoms with Crippen LogP contribution in [0.1, 0.15) is 15.9 Å². The molecule has 0 aliphatic heterocycles. The van der Waals surface area contributed by atoms with E-state index in [-0.39, 0.29) is 27.8 Å². The molecule has 0 aliphatic carbocycles. The van der Waals surface area contributed by atoms with Gasteiger partial charge in [0.1, 0.15) is 0 Å². The van der Waals surface area contributed by atoms with Crippen molar-refractivity contribution in [2.75, 3.05) is 5.32 Å². The number of hydrogen-bond donors (Lipinski definition) is 4. The van der Waals surface area contributed by atoms with Crippen LogP contribution in [-0.2, 0) is 6.54 Å². The number of halogens is 2. The zero-order valence-corrected chi connectivity index (χ0v) is 12.0. The smallest absolute Gasteiger partial charge is 0.335 e. The molecule has 1 aromatic heterocycles. The van der Waals surface area contributed by atoms with E-state index in [0.29, 0.717) is 0 Å². The first-order valence-corrected chi connectivity index (χ1v) is 6.48. The summed E-state index contributed by atoms with van der Waals surface area (Å²) in [5.74, 6) is -1.16. The van der Waals surface area contributed by atoms with Crippen LogP contribution >= 0.6 is 23.2 Å². The summed E-state index contributed by atoms with van der Waals surface area (Å²) in [6, 6.07) is 1.89. The number of urea groups is 1. The lowest BCUT2D eigenvalue weighted by molar-refractivity contribution is 0.0697. The number of carbonyl (C=O) groups is 2. The second-order valence-corrected chi connectivity index (χ2v) is 4.85. The quantitative estimate of drug-likeness (QED) is 0.692. The number of amides is 2. The molecular weight excluding hydrogens is 319 g/mol. The number of aromatic amines is 1. The minimum atomic E-state index is -1.16. The van der Waals surface area contributed by atoms with Gasteiger partial charge in [0.25, 0.3) is 0 Å². The van der Waals surface area contributed by atoms with Crippen molar-refractivity contribution in [3.05, 3.63) is 45.7 Å². The van der Waals surface area contributed by atoms with Gasteiger partial charge in [0.2, 0.25) is 0 Å². The van der Waals surface area contributed by atoms with Gasteiger partial charge in [-0.25, -0.2) is 9.59 Å². The number of hydrogen-bond acceptors (Lipinski definition) is 3. The standard InChI is InChI=1S/C12H10Cl2N4O3/c13-8-1-7(11(19)20)2-9(14)10(8)18-12(21)15-3-6-4-16-17-5-6/h1-2,4-5H,3H2,(H,16,17)(H,19,20)(H2,15,18,21). The third kappa shape index (κ3) is 3.87. The Morgan fingerprint density at radius 2 is 1.95 bits per heavy atom. The second kappa shape index (κ2) is 6.47. The van der Waals surface area contributed by atoms with Crippen LogP contribution in [0.2, 0.25) is 10.0 Å². The van der Waals surface area contributed by atoms with Crippen molar-refractivity contribution in [2.45, 2.75) is 6.54 Å². The second-order valence-electron chi connectivity index (χ2n) is 4.03. The van der Waals surface area contributed by atoms with Crippen LogP contribution in [0.25, 0.3) is 0 Å². The first-order valence-electron chi connectivity index (χ1n) is 5.72. The van der Waals surface area contributed by atoms with Crippen molar-refractivity contribution in [1.82, 2.24) is 15.5 Å². The van der Waals surface area contributed by atoms with E-state index in [1.54, 1.807) is 12.4 Å². The Hall–Kier alpha value is -2.25. The molecule has 0 atom stereocenters. The monoisotopic (exact) mass is 328 g/mol. The molecule has 2 amide bonds. The van der Waals surface area contributed by atoms with E-state index in [1.807, 2.05) is 0 Å². The summed E-state index contributed by atoms with van der Waals surface area (Å²) in [5, 5.41) is 20.4. The number of carboxylic acids is 1. The molecule has 0 spiro atoms. The fraction of sp³-hybridized carbons (Fsp3) is 0.0833. The zero-order valence-electron chi connectivity index (χ0n) is 10.5. The van der Waals surface area contributed by atoms with Crippen molar-refractivity contribution < 1.29 is 14.7 Å². The van der Waals surface area contributed by atoms with Gasteiger partial charge in [0.15, 0.2) is 0 Å². The molecule has 110 valence electrons. The third-order valence-electron chi connectivity index (χ3n) is 2.54. The molecule has 7 nitrogen and oxygen atoms in total. The molecule has 9 heteroatoms. The normalized spacial score (nSPS) is 10.2. The van der Waals surface area contributed by atoms with Crippen LogP contribution in [0.4, 0.5) is 10.5 Å². The molecule has 4 N–H and O–H groups in total. The van der Waals surface area contributed by atoms with Gasteiger partial charge >= 0.3 is 12.0 Å². The Labute approximate surface area is 129 Å². The molecule has 21 heavy (non-hydrogen) atoms. The molecule has 1 heterocycles. The summed E-state index contributed by atoms with van der Waals surface area (Å²) in [6.07, 6.45) is 3.21. The fourth-order valence-corrected chi connectivity index (χ4v) is 2.11. The van der Waals surface area contributed by atoms with Gasteiger partial charge in [-0.2, -0.15) is 5.10 Å². The van der Waals surface area contributed by atoms with Crippen LogP contribution in [0, 0.1) is 0 Å². The molecule has 0 saturated heterocycles. The van der Waals surface area contributed by atoms with Crippen molar-refractivity contribution in [1.29, 1.82) is 0 Å². The molecule has 2 aromatic rings. The van der Waals surface area contributed by atoms with E-state index in [0.717, 1.165) is 5.56 Å². The summed E-state index contributed by atoms with van der Waals surface area (Å²) >= 11 is 11.8. The maximum absolute atomic E-state index is 11.7. The van der Waals surface area contributed by atoms with Gasteiger partial charge in [0, 0.05) is 18.3 Å². The highest BCUT2D eigenvalue weighted by Gasteiger charge is 2.14. The van der Waals surface area contributed by atoms with Gasteiger partial charge in [0.05, 0.1) is 27.5 Å². The number of rotatable bonds is 4. The Kier molecular flexibility index (Phi) is 4.66. The lowest BCUT2D eigenvalue weighted by Crippen LogP contribution is -2.28. The number of nitrogens with zero attached hydrogens (tertiary/aromatic N) is 1. The van der Waals surface area contributed by atoms with Gasteiger partial charge in [-0.1, -0.05) is 23.2 Å². The van der Waals surface area contributed by atoms with Crippen molar-refractivity contribution in [2.24, 2.45) is 0 Å². The van der Waals surface area contributed by atoms with Crippen molar-refractivity contribution in [3.63, 3.8) is 0 Å². The van der Waals surface area contributed by atoms with E-state index in [4.69, 9.17) is 28.3 Å². The van der Waals surface area contributed by atoms with Crippen molar-refractivity contribution in [3.8, 4) is 0 Å². The van der Waals surface area contributed by atoms with Gasteiger partial charge in [-0.3, -0.25) is 5.10 Å². The minimum absolute atomic E-state index is 0.0401. The Bertz CT molecular complexity index is 650. The van der Waals surface area contributed by atoms with Gasteiger partial charge < -0.3 is 15.7 Å². The number of carbonyl (C=O) groups excluding carboxylic acids is 1. The zero-order chi connectivity index (χ0) is 15.4. The molecule has 0 radical (unpaired) electrons. The first-order chi connectivity index (χ1) is 9.97. The lowest BCUT2D eigenvalue weighted by Gasteiger charge is -2.11. The summed E-state index contributed by atoms with van der Waals surface area (Å²) in [6.45, 7) is 0.269. The lowest BCUT2D eigenvalue weighted by atomic mass is 10.2. The van der Waals surface area contributed by atoms with E-state index < -0.39 is 12.0 Å². The summed E-state index contributed by atoms with van der Waals surface area (Å²) in [5.41, 5.74) is 0.881. The Morgan fingerprint density at radius 3 is 2.48 bits per heavy atom. The van der Waals surface area contributed by atoms with E-state index in [9.17, 15) is 9.59 Å². The topological polar surface area (TPSA) is 107 Å². The van der Waals surface area contributed by atoms with E-state index >= 15 is 0 Å². The maximum atomic E-state index is 11.7. The number of nitrogens with one attached hydrogen (secondary N) is 3. The number of carboxylic acid groups (broad SMARTS) is 1. The molecule has 0 aliphatic rings. The average molecular weight is 329 g/mol. The van der Waals surface area contributed by atoms with Crippen LogP contribution in [0.15, 0.2) is 24.5 Å². The van der Waals surface area contributed by atoms with Crippen LogP contribution < -0.4 is 10.6 Å². The number of benzene rings is 1.